The van der Waals surface area contributed by atoms with Crippen LogP contribution in [0.3, 0.4) is 0 Å². The fourth-order valence-electron chi connectivity index (χ4n) is 2.28. The average Bonchev–Trinajstić information content (AvgIpc) is 2.53. The molecule has 0 aliphatic rings. The van der Waals surface area contributed by atoms with Gasteiger partial charge in [-0.05, 0) is 48.2 Å². The summed E-state index contributed by atoms with van der Waals surface area (Å²) in [4.78, 5) is 12.1. The first-order valence-electron chi connectivity index (χ1n) is 7.83. The minimum atomic E-state index is 0.0119. The van der Waals surface area contributed by atoms with E-state index in [0.717, 1.165) is 17.0 Å². The van der Waals surface area contributed by atoms with Gasteiger partial charge in [0.25, 0.3) is 0 Å². The van der Waals surface area contributed by atoms with Crippen LogP contribution in [0.25, 0.3) is 0 Å². The van der Waals surface area contributed by atoms with Crippen LogP contribution in [0, 0.1) is 0 Å². The SMILES string of the molecule is CC(C)c1ccccc1NC(=O)CCCOc1ccc(Cl)cc1. The molecule has 122 valence electrons. The van der Waals surface area contributed by atoms with E-state index in [1.54, 1.807) is 12.1 Å². The zero-order chi connectivity index (χ0) is 16.7. The highest BCUT2D eigenvalue weighted by molar-refractivity contribution is 6.30. The van der Waals surface area contributed by atoms with Crippen LogP contribution in [-0.2, 0) is 4.79 Å². The summed E-state index contributed by atoms with van der Waals surface area (Å²) in [5, 5.41) is 3.67. The van der Waals surface area contributed by atoms with Gasteiger partial charge in [-0.25, -0.2) is 0 Å². The molecule has 4 heteroatoms. The van der Waals surface area contributed by atoms with Crippen molar-refractivity contribution in [1.82, 2.24) is 0 Å². The largest absolute Gasteiger partial charge is 0.494 e. The molecule has 0 saturated heterocycles. The number of benzene rings is 2. The molecule has 0 aliphatic carbocycles. The van der Waals surface area contributed by atoms with Gasteiger partial charge >= 0.3 is 0 Å². The number of hydrogen-bond donors (Lipinski definition) is 1. The number of rotatable bonds is 7. The monoisotopic (exact) mass is 331 g/mol. The van der Waals surface area contributed by atoms with E-state index in [1.165, 1.54) is 0 Å². The molecule has 0 bridgehead atoms. The van der Waals surface area contributed by atoms with Gasteiger partial charge in [-0.2, -0.15) is 0 Å². The van der Waals surface area contributed by atoms with Crippen LogP contribution < -0.4 is 10.1 Å². The van der Waals surface area contributed by atoms with Crippen LogP contribution in [0.1, 0.15) is 38.2 Å². The van der Waals surface area contributed by atoms with Crippen LogP contribution in [0.15, 0.2) is 48.5 Å². The van der Waals surface area contributed by atoms with E-state index in [-0.39, 0.29) is 5.91 Å². The Bertz CT molecular complexity index is 638. The van der Waals surface area contributed by atoms with Crippen molar-refractivity contribution in [3.8, 4) is 5.75 Å². The van der Waals surface area contributed by atoms with Gasteiger partial charge in [0.2, 0.25) is 5.91 Å². The van der Waals surface area contributed by atoms with Crippen molar-refractivity contribution in [2.45, 2.75) is 32.6 Å². The minimum absolute atomic E-state index is 0.0119. The van der Waals surface area contributed by atoms with Crippen LogP contribution in [-0.4, -0.2) is 12.5 Å². The van der Waals surface area contributed by atoms with E-state index in [4.69, 9.17) is 16.3 Å². The predicted molar refractivity (Wildman–Crippen MR) is 95.3 cm³/mol. The van der Waals surface area contributed by atoms with Crippen molar-refractivity contribution in [2.24, 2.45) is 0 Å². The van der Waals surface area contributed by atoms with Crippen LogP contribution in [0.4, 0.5) is 5.69 Å². The molecule has 0 radical (unpaired) electrons. The number of carbonyl (C=O) groups is 1. The lowest BCUT2D eigenvalue weighted by Crippen LogP contribution is -2.14. The molecule has 2 rings (SSSR count). The second kappa shape index (κ2) is 8.59. The molecule has 1 amide bonds. The summed E-state index contributed by atoms with van der Waals surface area (Å²) in [5.74, 6) is 1.15. The van der Waals surface area contributed by atoms with Gasteiger partial charge in [0, 0.05) is 17.1 Å². The Morgan fingerprint density at radius 1 is 1.13 bits per heavy atom. The Labute approximate surface area is 142 Å². The summed E-state index contributed by atoms with van der Waals surface area (Å²) < 4.78 is 5.58. The number of nitrogens with one attached hydrogen (secondary N) is 1. The Hall–Kier alpha value is -2.00. The first-order chi connectivity index (χ1) is 11.1. The molecule has 1 N–H and O–H groups in total. The van der Waals surface area contributed by atoms with E-state index in [1.807, 2.05) is 36.4 Å². The Kier molecular flexibility index (Phi) is 6.48. The number of ether oxygens (including phenoxy) is 1. The first-order valence-corrected chi connectivity index (χ1v) is 8.21. The van der Waals surface area contributed by atoms with Crippen molar-refractivity contribution < 1.29 is 9.53 Å². The molecule has 3 nitrogen and oxygen atoms in total. The maximum Gasteiger partial charge on any atom is 0.224 e. The van der Waals surface area contributed by atoms with Crippen molar-refractivity contribution in [3.63, 3.8) is 0 Å². The van der Waals surface area contributed by atoms with Gasteiger partial charge in [0.15, 0.2) is 0 Å². The summed E-state index contributed by atoms with van der Waals surface area (Å²) in [6.45, 7) is 4.73. The van der Waals surface area contributed by atoms with E-state index in [0.29, 0.717) is 30.4 Å². The molecule has 2 aromatic rings. The molecule has 23 heavy (non-hydrogen) atoms. The number of carbonyl (C=O) groups excluding carboxylic acids is 1. The lowest BCUT2D eigenvalue weighted by molar-refractivity contribution is -0.116. The molecular formula is C19H22ClNO2. The highest BCUT2D eigenvalue weighted by atomic mass is 35.5. The first kappa shape index (κ1) is 17.4. The van der Waals surface area contributed by atoms with Crippen LogP contribution in [0.5, 0.6) is 5.75 Å². The standard InChI is InChI=1S/C19H22ClNO2/c1-14(2)17-6-3-4-7-18(17)21-19(22)8-5-13-23-16-11-9-15(20)10-12-16/h3-4,6-7,9-12,14H,5,8,13H2,1-2H3,(H,21,22). The predicted octanol–water partition coefficient (Wildman–Crippen LogP) is 5.26. The van der Waals surface area contributed by atoms with Gasteiger partial charge in [-0.1, -0.05) is 43.6 Å². The third-order valence-electron chi connectivity index (χ3n) is 3.49. The quantitative estimate of drug-likeness (QED) is 0.703. The van der Waals surface area contributed by atoms with Gasteiger partial charge in [0.1, 0.15) is 5.75 Å². The third-order valence-corrected chi connectivity index (χ3v) is 3.74. The fraction of sp³-hybridized carbons (Fsp3) is 0.316. The average molecular weight is 332 g/mol. The molecule has 0 atom stereocenters. The summed E-state index contributed by atoms with van der Waals surface area (Å²) in [6.07, 6.45) is 1.10. The summed E-state index contributed by atoms with van der Waals surface area (Å²) in [7, 11) is 0. The Morgan fingerprint density at radius 3 is 2.52 bits per heavy atom. The van der Waals surface area contributed by atoms with Gasteiger partial charge in [0.05, 0.1) is 6.61 Å². The molecule has 0 fully saturated rings. The number of halogens is 1. The van der Waals surface area contributed by atoms with Crippen molar-refractivity contribution in [1.29, 1.82) is 0 Å². The second-order valence-electron chi connectivity index (χ2n) is 5.70. The lowest BCUT2D eigenvalue weighted by atomic mass is 10.0. The molecule has 0 heterocycles. The van der Waals surface area contributed by atoms with E-state index >= 15 is 0 Å². The van der Waals surface area contributed by atoms with Crippen molar-refractivity contribution in [2.75, 3.05) is 11.9 Å². The zero-order valence-electron chi connectivity index (χ0n) is 13.5. The van der Waals surface area contributed by atoms with E-state index in [9.17, 15) is 4.79 Å². The van der Waals surface area contributed by atoms with Crippen molar-refractivity contribution >= 4 is 23.2 Å². The van der Waals surface area contributed by atoms with Gasteiger partial charge in [-0.3, -0.25) is 4.79 Å². The Morgan fingerprint density at radius 2 is 1.83 bits per heavy atom. The van der Waals surface area contributed by atoms with Gasteiger partial charge in [-0.15, -0.1) is 0 Å². The van der Waals surface area contributed by atoms with E-state index < -0.39 is 0 Å². The van der Waals surface area contributed by atoms with Gasteiger partial charge < -0.3 is 10.1 Å². The number of hydrogen-bond acceptors (Lipinski definition) is 2. The highest BCUT2D eigenvalue weighted by Gasteiger charge is 2.09. The van der Waals surface area contributed by atoms with Crippen LogP contribution >= 0.6 is 11.6 Å². The number of anilines is 1. The Balaban J connectivity index is 1.76. The maximum absolute atomic E-state index is 12.1. The second-order valence-corrected chi connectivity index (χ2v) is 6.13. The minimum Gasteiger partial charge on any atom is -0.494 e. The third kappa shape index (κ3) is 5.61. The van der Waals surface area contributed by atoms with E-state index in [2.05, 4.69) is 19.2 Å². The fourth-order valence-corrected chi connectivity index (χ4v) is 2.41. The topological polar surface area (TPSA) is 38.3 Å². The molecule has 0 saturated carbocycles. The van der Waals surface area contributed by atoms with Crippen LogP contribution in [0.2, 0.25) is 5.02 Å². The number of para-hydroxylation sites is 1. The lowest BCUT2D eigenvalue weighted by Gasteiger charge is -2.13. The van der Waals surface area contributed by atoms with Crippen molar-refractivity contribution in [3.05, 3.63) is 59.1 Å². The molecule has 0 aliphatic heterocycles. The highest BCUT2D eigenvalue weighted by Crippen LogP contribution is 2.23. The smallest absolute Gasteiger partial charge is 0.224 e. The summed E-state index contributed by atoms with van der Waals surface area (Å²) in [6, 6.07) is 15.1. The number of amides is 1. The molecule has 0 unspecified atom stereocenters. The molecule has 0 spiro atoms. The summed E-state index contributed by atoms with van der Waals surface area (Å²) in [5.41, 5.74) is 2.05. The molecule has 0 aromatic heterocycles. The summed E-state index contributed by atoms with van der Waals surface area (Å²) >= 11 is 5.82. The molecule has 2 aromatic carbocycles. The zero-order valence-corrected chi connectivity index (χ0v) is 14.3. The maximum atomic E-state index is 12.1. The normalized spacial score (nSPS) is 10.6. The molecular weight excluding hydrogens is 310 g/mol.